The zero-order valence-corrected chi connectivity index (χ0v) is 15.7. The Morgan fingerprint density at radius 3 is 2.54 bits per heavy atom. The first-order valence-corrected chi connectivity index (χ1v) is 9.23. The summed E-state index contributed by atoms with van der Waals surface area (Å²) >= 11 is 4.58. The van der Waals surface area contributed by atoms with Crippen molar-refractivity contribution in [3.8, 4) is 5.75 Å². The Morgan fingerprint density at radius 2 is 1.85 bits per heavy atom. The molecule has 0 amide bonds. The SMILES string of the molecule is O=C(Oc1ccc(Br)cc1C(=O)C=Cc1ccc(F)cc1)c1cccs1. The zero-order chi connectivity index (χ0) is 18.5. The number of esters is 1. The van der Waals surface area contributed by atoms with Crippen molar-refractivity contribution < 1.29 is 18.7 Å². The van der Waals surface area contributed by atoms with Crippen molar-refractivity contribution in [3.05, 3.63) is 92.3 Å². The van der Waals surface area contributed by atoms with E-state index < -0.39 is 5.97 Å². The number of ketones is 1. The third kappa shape index (κ3) is 4.53. The standard InChI is InChI=1S/C20H12BrFO3S/c21-14-6-10-18(25-20(24)19-2-1-11-26-19)16(12-14)17(23)9-5-13-3-7-15(22)8-4-13/h1-12H. The van der Waals surface area contributed by atoms with Crippen LogP contribution in [0.15, 0.2) is 70.5 Å². The van der Waals surface area contributed by atoms with Gasteiger partial charge in [0.2, 0.25) is 0 Å². The van der Waals surface area contributed by atoms with Gasteiger partial charge in [0.25, 0.3) is 0 Å². The molecule has 3 rings (SSSR count). The lowest BCUT2D eigenvalue weighted by molar-refractivity contribution is 0.0738. The molecule has 0 saturated carbocycles. The van der Waals surface area contributed by atoms with Crippen LogP contribution in [-0.4, -0.2) is 11.8 Å². The highest BCUT2D eigenvalue weighted by atomic mass is 79.9. The lowest BCUT2D eigenvalue weighted by Gasteiger charge is -2.08. The second-order valence-corrected chi connectivity index (χ2v) is 7.12. The number of hydrogen-bond acceptors (Lipinski definition) is 4. The first kappa shape index (κ1) is 18.2. The summed E-state index contributed by atoms with van der Waals surface area (Å²) in [5, 5.41) is 1.77. The highest BCUT2D eigenvalue weighted by Gasteiger charge is 2.16. The molecule has 6 heteroatoms. The summed E-state index contributed by atoms with van der Waals surface area (Å²) in [7, 11) is 0. The predicted octanol–water partition coefficient (Wildman–Crippen LogP) is 5.77. The molecule has 0 radical (unpaired) electrons. The van der Waals surface area contributed by atoms with Crippen molar-refractivity contribution in [2.24, 2.45) is 0 Å². The van der Waals surface area contributed by atoms with Crippen LogP contribution < -0.4 is 4.74 Å². The number of ether oxygens (including phenoxy) is 1. The third-order valence-electron chi connectivity index (χ3n) is 3.43. The predicted molar refractivity (Wildman–Crippen MR) is 103 cm³/mol. The van der Waals surface area contributed by atoms with Gasteiger partial charge in [-0.1, -0.05) is 40.2 Å². The van der Waals surface area contributed by atoms with Crippen LogP contribution in [0.4, 0.5) is 4.39 Å². The van der Waals surface area contributed by atoms with E-state index in [-0.39, 0.29) is 22.9 Å². The monoisotopic (exact) mass is 430 g/mol. The lowest BCUT2D eigenvalue weighted by atomic mass is 10.1. The van der Waals surface area contributed by atoms with E-state index in [1.807, 2.05) is 0 Å². The van der Waals surface area contributed by atoms with Gasteiger partial charge in [-0.3, -0.25) is 4.79 Å². The zero-order valence-electron chi connectivity index (χ0n) is 13.3. The normalized spacial score (nSPS) is 10.8. The van der Waals surface area contributed by atoms with Crippen molar-refractivity contribution in [1.82, 2.24) is 0 Å². The first-order valence-electron chi connectivity index (χ1n) is 7.56. The molecule has 0 aliphatic heterocycles. The fraction of sp³-hybridized carbons (Fsp3) is 0. The molecule has 2 aromatic carbocycles. The topological polar surface area (TPSA) is 43.4 Å². The van der Waals surface area contributed by atoms with Crippen LogP contribution in [0, 0.1) is 5.82 Å². The van der Waals surface area contributed by atoms with Crippen molar-refractivity contribution in [2.75, 3.05) is 0 Å². The van der Waals surface area contributed by atoms with Crippen molar-refractivity contribution in [1.29, 1.82) is 0 Å². The number of carbonyl (C=O) groups excluding carboxylic acids is 2. The largest absolute Gasteiger partial charge is 0.422 e. The van der Waals surface area contributed by atoms with Gasteiger partial charge in [0, 0.05) is 4.47 Å². The molecule has 3 aromatic rings. The maximum Gasteiger partial charge on any atom is 0.353 e. The average molecular weight is 431 g/mol. The van der Waals surface area contributed by atoms with E-state index in [9.17, 15) is 14.0 Å². The van der Waals surface area contributed by atoms with E-state index in [0.29, 0.717) is 14.9 Å². The fourth-order valence-electron chi connectivity index (χ4n) is 2.16. The van der Waals surface area contributed by atoms with E-state index >= 15 is 0 Å². The Kier molecular flexibility index (Phi) is 5.75. The minimum absolute atomic E-state index is 0.181. The highest BCUT2D eigenvalue weighted by Crippen LogP contribution is 2.26. The summed E-state index contributed by atoms with van der Waals surface area (Å²) in [5.74, 6) is -1.01. The number of rotatable bonds is 5. The minimum Gasteiger partial charge on any atom is -0.422 e. The number of halogens is 2. The molecular weight excluding hydrogens is 419 g/mol. The smallest absolute Gasteiger partial charge is 0.353 e. The van der Waals surface area contributed by atoms with Crippen LogP contribution >= 0.6 is 27.3 Å². The van der Waals surface area contributed by atoms with Gasteiger partial charge in [-0.25, -0.2) is 9.18 Å². The van der Waals surface area contributed by atoms with Gasteiger partial charge in [0.15, 0.2) is 5.78 Å². The van der Waals surface area contributed by atoms with Crippen LogP contribution in [0.1, 0.15) is 25.6 Å². The summed E-state index contributed by atoms with van der Waals surface area (Å²) in [5.41, 5.74) is 0.939. The quantitative estimate of drug-likeness (QED) is 0.223. The lowest BCUT2D eigenvalue weighted by Crippen LogP contribution is -2.09. The van der Waals surface area contributed by atoms with Gasteiger partial charge in [-0.05, 0) is 53.4 Å². The molecule has 0 aliphatic rings. The van der Waals surface area contributed by atoms with Gasteiger partial charge in [-0.2, -0.15) is 0 Å². The number of benzene rings is 2. The molecule has 0 N–H and O–H groups in total. The van der Waals surface area contributed by atoms with E-state index in [0.717, 1.165) is 0 Å². The molecular formula is C20H12BrFO3S. The Morgan fingerprint density at radius 1 is 1.08 bits per heavy atom. The second-order valence-electron chi connectivity index (χ2n) is 5.26. The molecule has 0 saturated heterocycles. The highest BCUT2D eigenvalue weighted by molar-refractivity contribution is 9.10. The summed E-state index contributed by atoms with van der Waals surface area (Å²) in [6.07, 6.45) is 2.94. The van der Waals surface area contributed by atoms with Crippen LogP contribution in [0.3, 0.4) is 0 Å². The fourth-order valence-corrected chi connectivity index (χ4v) is 3.12. The van der Waals surface area contributed by atoms with Gasteiger partial charge in [0.1, 0.15) is 16.4 Å². The van der Waals surface area contributed by atoms with Crippen molar-refractivity contribution in [2.45, 2.75) is 0 Å². The number of carbonyl (C=O) groups is 2. The number of hydrogen-bond donors (Lipinski definition) is 0. The molecule has 0 fully saturated rings. The van der Waals surface area contributed by atoms with Gasteiger partial charge < -0.3 is 4.74 Å². The van der Waals surface area contributed by atoms with Crippen LogP contribution in [-0.2, 0) is 0 Å². The summed E-state index contributed by atoms with van der Waals surface area (Å²) in [4.78, 5) is 25.2. The van der Waals surface area contributed by atoms with Gasteiger partial charge in [0.05, 0.1) is 5.56 Å². The van der Waals surface area contributed by atoms with Gasteiger partial charge >= 0.3 is 5.97 Å². The summed E-state index contributed by atoms with van der Waals surface area (Å²) in [6, 6.07) is 14.0. The van der Waals surface area contributed by atoms with E-state index in [1.54, 1.807) is 53.9 Å². The second kappa shape index (κ2) is 8.21. The first-order chi connectivity index (χ1) is 12.5. The van der Waals surface area contributed by atoms with E-state index in [2.05, 4.69) is 15.9 Å². The molecule has 0 spiro atoms. The van der Waals surface area contributed by atoms with Crippen LogP contribution in [0.2, 0.25) is 0 Å². The number of allylic oxidation sites excluding steroid dienone is 1. The molecule has 0 atom stereocenters. The molecule has 0 unspecified atom stereocenters. The molecule has 0 bridgehead atoms. The molecule has 26 heavy (non-hydrogen) atoms. The maximum atomic E-state index is 12.9. The maximum absolute atomic E-state index is 12.9. The number of thiophene rings is 1. The molecule has 1 aromatic heterocycles. The Labute approximate surface area is 161 Å². The summed E-state index contributed by atoms with van der Waals surface area (Å²) in [6.45, 7) is 0. The van der Waals surface area contributed by atoms with Crippen molar-refractivity contribution >= 4 is 45.1 Å². The van der Waals surface area contributed by atoms with E-state index in [1.165, 1.54) is 29.5 Å². The summed E-state index contributed by atoms with van der Waals surface area (Å²) < 4.78 is 19.0. The average Bonchev–Trinajstić information content (AvgIpc) is 3.17. The molecule has 1 heterocycles. The molecule has 130 valence electrons. The minimum atomic E-state index is -0.515. The Bertz CT molecular complexity index is 963. The Hall–Kier alpha value is -2.57. The van der Waals surface area contributed by atoms with Crippen molar-refractivity contribution in [3.63, 3.8) is 0 Å². The molecule has 0 aliphatic carbocycles. The third-order valence-corrected chi connectivity index (χ3v) is 4.77. The Balaban J connectivity index is 1.83. The van der Waals surface area contributed by atoms with Gasteiger partial charge in [-0.15, -0.1) is 11.3 Å². The van der Waals surface area contributed by atoms with Crippen LogP contribution in [0.25, 0.3) is 6.08 Å². The van der Waals surface area contributed by atoms with E-state index in [4.69, 9.17) is 4.74 Å². The molecule has 3 nitrogen and oxygen atoms in total. The van der Waals surface area contributed by atoms with Crippen LogP contribution in [0.5, 0.6) is 5.75 Å².